The fourth-order valence-corrected chi connectivity index (χ4v) is 3.95. The topological polar surface area (TPSA) is 133 Å². The van der Waals surface area contributed by atoms with E-state index < -0.39 is 5.97 Å². The van der Waals surface area contributed by atoms with Gasteiger partial charge in [-0.1, -0.05) is 0 Å². The third kappa shape index (κ3) is 3.53. The minimum absolute atomic E-state index is 0.0797. The lowest BCUT2D eigenvalue weighted by atomic mass is 9.92. The van der Waals surface area contributed by atoms with Crippen molar-refractivity contribution >= 4 is 28.4 Å². The number of aromatic carboxylic acids is 1. The van der Waals surface area contributed by atoms with E-state index in [0.717, 1.165) is 6.42 Å². The maximum Gasteiger partial charge on any atom is 0.335 e. The van der Waals surface area contributed by atoms with Gasteiger partial charge in [0.25, 0.3) is 5.56 Å². The first-order chi connectivity index (χ1) is 14.5. The Hall–Kier alpha value is -3.64. The summed E-state index contributed by atoms with van der Waals surface area (Å²) in [5, 5.41) is 26.6. The Kier molecular flexibility index (Phi) is 5.25. The van der Waals surface area contributed by atoms with Gasteiger partial charge in [-0.2, -0.15) is 10.4 Å². The van der Waals surface area contributed by atoms with Crippen molar-refractivity contribution in [3.05, 3.63) is 51.9 Å². The van der Waals surface area contributed by atoms with Crippen molar-refractivity contribution in [2.45, 2.75) is 25.8 Å². The molecular formula is C21H21N5O4. The molecule has 2 atom stereocenters. The second-order valence-electron chi connectivity index (χ2n) is 7.37. The van der Waals surface area contributed by atoms with Crippen LogP contribution in [0.4, 0.5) is 11.5 Å². The van der Waals surface area contributed by atoms with Gasteiger partial charge in [0.15, 0.2) is 5.82 Å². The molecular weight excluding hydrogens is 386 g/mol. The number of aromatic nitrogens is 3. The van der Waals surface area contributed by atoms with Crippen LogP contribution in [0.1, 0.15) is 34.8 Å². The first-order valence-corrected chi connectivity index (χ1v) is 9.65. The van der Waals surface area contributed by atoms with E-state index in [1.165, 1.54) is 6.07 Å². The largest absolute Gasteiger partial charge is 0.478 e. The van der Waals surface area contributed by atoms with Crippen LogP contribution in [0.15, 0.2) is 35.3 Å². The van der Waals surface area contributed by atoms with Crippen molar-refractivity contribution in [1.29, 1.82) is 5.26 Å². The quantitative estimate of drug-likeness (QED) is 0.592. The van der Waals surface area contributed by atoms with Gasteiger partial charge < -0.3 is 20.1 Å². The number of rotatable bonds is 5. The number of aryl methyl sites for hydroxylation is 1. The summed E-state index contributed by atoms with van der Waals surface area (Å²) < 4.78 is 7.41. The minimum atomic E-state index is -0.994. The van der Waals surface area contributed by atoms with Crippen LogP contribution in [0, 0.1) is 24.2 Å². The van der Waals surface area contributed by atoms with E-state index in [-0.39, 0.29) is 23.1 Å². The van der Waals surface area contributed by atoms with Gasteiger partial charge in [0.1, 0.15) is 5.39 Å². The van der Waals surface area contributed by atoms with Crippen molar-refractivity contribution in [2.24, 2.45) is 5.92 Å². The number of aromatic amines is 1. The zero-order valence-electron chi connectivity index (χ0n) is 16.4. The predicted octanol–water partition coefficient (Wildman–Crippen LogP) is 2.97. The molecule has 0 aliphatic carbocycles. The standard InChI is InChI=1S/C21H21N5O4/c1-12-10-14(2-3-15(12)21(28)29)24-19-18-16(5-8-23-20(18)27)26(25-19)17-11-30-9-6-13(17)4-7-22/h2-3,5,8,10,13,17H,4,6,9,11H2,1H3,(H,23,27)(H,24,25)(H,28,29)/t13-,17?/m0/s1. The Balaban J connectivity index is 1.78. The lowest BCUT2D eigenvalue weighted by molar-refractivity contribution is 0.0211. The van der Waals surface area contributed by atoms with Gasteiger partial charge in [0.05, 0.1) is 29.8 Å². The van der Waals surface area contributed by atoms with Crippen molar-refractivity contribution in [3.8, 4) is 6.07 Å². The van der Waals surface area contributed by atoms with Crippen molar-refractivity contribution < 1.29 is 14.6 Å². The average Bonchev–Trinajstić information content (AvgIpc) is 3.08. The van der Waals surface area contributed by atoms with Crippen molar-refractivity contribution in [3.63, 3.8) is 0 Å². The summed E-state index contributed by atoms with van der Waals surface area (Å²) in [6, 6.07) is 8.72. The summed E-state index contributed by atoms with van der Waals surface area (Å²) in [5.74, 6) is -0.544. The zero-order valence-corrected chi connectivity index (χ0v) is 16.4. The number of ether oxygens (including phenoxy) is 1. The fraction of sp³-hybridized carbons (Fsp3) is 0.333. The number of pyridine rings is 1. The number of nitrogens with zero attached hydrogens (tertiary/aromatic N) is 3. The Labute approximate surface area is 171 Å². The Morgan fingerprint density at radius 2 is 2.30 bits per heavy atom. The number of hydrogen-bond acceptors (Lipinski definition) is 6. The molecule has 30 heavy (non-hydrogen) atoms. The normalized spacial score (nSPS) is 18.8. The molecule has 0 bridgehead atoms. The highest BCUT2D eigenvalue weighted by atomic mass is 16.5. The number of benzene rings is 1. The Morgan fingerprint density at radius 1 is 1.47 bits per heavy atom. The monoisotopic (exact) mass is 407 g/mol. The molecule has 1 unspecified atom stereocenters. The molecule has 1 aliphatic rings. The molecule has 1 saturated heterocycles. The van der Waals surface area contributed by atoms with Crippen molar-refractivity contribution in [1.82, 2.24) is 14.8 Å². The summed E-state index contributed by atoms with van der Waals surface area (Å²) in [7, 11) is 0. The Bertz CT molecular complexity index is 1210. The lowest BCUT2D eigenvalue weighted by Gasteiger charge is -2.30. The summed E-state index contributed by atoms with van der Waals surface area (Å²) in [6.45, 7) is 2.73. The molecule has 0 radical (unpaired) electrons. The number of carboxylic acid groups (broad SMARTS) is 1. The maximum atomic E-state index is 12.6. The van der Waals surface area contributed by atoms with Gasteiger partial charge in [-0.15, -0.1) is 0 Å². The SMILES string of the molecule is Cc1cc(Nc2nn(C3COCC[C@@H]3CC#N)c3cc[nH]c(=O)c23)ccc1C(=O)O. The summed E-state index contributed by atoms with van der Waals surface area (Å²) >= 11 is 0. The molecule has 4 rings (SSSR count). The highest BCUT2D eigenvalue weighted by Gasteiger charge is 2.30. The van der Waals surface area contributed by atoms with Crippen LogP contribution in [0.25, 0.3) is 10.9 Å². The van der Waals surface area contributed by atoms with Gasteiger partial charge in [0.2, 0.25) is 0 Å². The molecule has 3 heterocycles. The number of nitriles is 1. The van der Waals surface area contributed by atoms with E-state index in [4.69, 9.17) is 4.74 Å². The molecule has 0 spiro atoms. The van der Waals surface area contributed by atoms with E-state index in [9.17, 15) is 20.0 Å². The van der Waals surface area contributed by atoms with E-state index in [2.05, 4.69) is 21.5 Å². The van der Waals surface area contributed by atoms with Crippen LogP contribution in [0.5, 0.6) is 0 Å². The number of fused-ring (bicyclic) bond motifs is 1. The number of H-pyrrole nitrogens is 1. The van der Waals surface area contributed by atoms with Crippen LogP contribution in [0.2, 0.25) is 0 Å². The lowest BCUT2D eigenvalue weighted by Crippen LogP contribution is -2.30. The van der Waals surface area contributed by atoms with E-state index in [0.29, 0.717) is 47.6 Å². The maximum absolute atomic E-state index is 12.6. The Morgan fingerprint density at radius 3 is 3.03 bits per heavy atom. The number of carbonyl (C=O) groups is 1. The highest BCUT2D eigenvalue weighted by molar-refractivity contribution is 5.92. The highest BCUT2D eigenvalue weighted by Crippen LogP contribution is 2.33. The smallest absolute Gasteiger partial charge is 0.335 e. The second kappa shape index (κ2) is 8.00. The van der Waals surface area contributed by atoms with Gasteiger partial charge in [0, 0.05) is 24.9 Å². The fourth-order valence-electron chi connectivity index (χ4n) is 3.95. The summed E-state index contributed by atoms with van der Waals surface area (Å²) in [4.78, 5) is 26.5. The number of anilines is 2. The van der Waals surface area contributed by atoms with Crippen LogP contribution < -0.4 is 10.9 Å². The number of hydrogen-bond donors (Lipinski definition) is 3. The van der Waals surface area contributed by atoms with Gasteiger partial charge in [-0.3, -0.25) is 9.48 Å². The van der Waals surface area contributed by atoms with Crippen LogP contribution in [0.3, 0.4) is 0 Å². The molecule has 0 amide bonds. The third-order valence-electron chi connectivity index (χ3n) is 5.48. The molecule has 1 fully saturated rings. The van der Waals surface area contributed by atoms with Gasteiger partial charge >= 0.3 is 5.97 Å². The molecule has 9 heteroatoms. The summed E-state index contributed by atoms with van der Waals surface area (Å²) in [5.41, 5.74) is 1.81. The second-order valence-corrected chi connectivity index (χ2v) is 7.37. The van der Waals surface area contributed by atoms with Crippen LogP contribution in [-0.2, 0) is 4.74 Å². The van der Waals surface area contributed by atoms with E-state index in [1.807, 2.05) is 0 Å². The molecule has 2 aromatic heterocycles. The minimum Gasteiger partial charge on any atom is -0.478 e. The van der Waals surface area contributed by atoms with E-state index in [1.54, 1.807) is 36.0 Å². The summed E-state index contributed by atoms with van der Waals surface area (Å²) in [6.07, 6.45) is 2.71. The molecule has 3 N–H and O–H groups in total. The molecule has 3 aromatic rings. The average molecular weight is 407 g/mol. The molecule has 0 saturated carbocycles. The first kappa shape index (κ1) is 19.7. The zero-order chi connectivity index (χ0) is 21.3. The molecule has 1 aliphatic heterocycles. The van der Waals surface area contributed by atoms with Gasteiger partial charge in [-0.05, 0) is 49.1 Å². The van der Waals surface area contributed by atoms with Crippen LogP contribution in [-0.4, -0.2) is 39.1 Å². The first-order valence-electron chi connectivity index (χ1n) is 9.65. The third-order valence-corrected chi connectivity index (χ3v) is 5.48. The van der Waals surface area contributed by atoms with Crippen molar-refractivity contribution in [2.75, 3.05) is 18.5 Å². The number of nitrogens with one attached hydrogen (secondary N) is 2. The van der Waals surface area contributed by atoms with Gasteiger partial charge in [-0.25, -0.2) is 4.79 Å². The van der Waals surface area contributed by atoms with E-state index >= 15 is 0 Å². The molecule has 154 valence electrons. The molecule has 1 aromatic carbocycles. The predicted molar refractivity (Wildman–Crippen MR) is 110 cm³/mol. The molecule has 9 nitrogen and oxygen atoms in total. The van der Waals surface area contributed by atoms with Crippen LogP contribution >= 0.6 is 0 Å². The number of carboxylic acids is 1.